The van der Waals surface area contributed by atoms with Crippen LogP contribution in [0.15, 0.2) is 24.3 Å². The van der Waals surface area contributed by atoms with Gasteiger partial charge in [-0.25, -0.2) is 9.59 Å². The van der Waals surface area contributed by atoms with Crippen LogP contribution in [-0.2, 0) is 4.74 Å². The summed E-state index contributed by atoms with van der Waals surface area (Å²) in [5.41, 5.74) is 1.24. The molecule has 0 aliphatic rings. The Kier molecular flexibility index (Phi) is 4.80. The van der Waals surface area contributed by atoms with Crippen LogP contribution in [0.2, 0.25) is 0 Å². The van der Waals surface area contributed by atoms with E-state index in [0.29, 0.717) is 18.0 Å². The minimum absolute atomic E-state index is 0.295. The molecule has 1 rings (SSSR count). The fourth-order valence-corrected chi connectivity index (χ4v) is 1.12. The average molecular weight is 237 g/mol. The maximum atomic E-state index is 11.1. The molecule has 92 valence electrons. The van der Waals surface area contributed by atoms with Crippen LogP contribution in [0.3, 0.4) is 0 Å². The molecule has 0 bridgehead atoms. The quantitative estimate of drug-likeness (QED) is 0.752. The first kappa shape index (κ1) is 12.8. The summed E-state index contributed by atoms with van der Waals surface area (Å²) in [5, 5.41) is 7.59. The molecule has 0 saturated heterocycles. The Labute approximate surface area is 99.3 Å². The van der Waals surface area contributed by atoms with Gasteiger partial charge >= 0.3 is 12.1 Å². The number of benzene rings is 1. The molecular formula is C11H15N3O3. The molecule has 0 atom stereocenters. The molecule has 0 saturated carbocycles. The summed E-state index contributed by atoms with van der Waals surface area (Å²) in [6.07, 6.45) is -0.500. The molecule has 1 aromatic rings. The number of carbonyl (C=O) groups excluding carboxylic acids is 2. The molecule has 17 heavy (non-hydrogen) atoms. The van der Waals surface area contributed by atoms with Crippen LogP contribution in [0.25, 0.3) is 0 Å². The highest BCUT2D eigenvalue weighted by atomic mass is 16.5. The normalized spacial score (nSPS) is 9.29. The minimum atomic E-state index is -0.500. The first-order valence-corrected chi connectivity index (χ1v) is 5.18. The number of anilines is 2. The van der Waals surface area contributed by atoms with Gasteiger partial charge in [-0.2, -0.15) is 0 Å². The number of amides is 3. The van der Waals surface area contributed by atoms with Crippen molar-refractivity contribution in [3.05, 3.63) is 24.3 Å². The predicted octanol–water partition coefficient (Wildman–Crippen LogP) is 2.01. The second kappa shape index (κ2) is 6.37. The van der Waals surface area contributed by atoms with Crippen molar-refractivity contribution in [2.75, 3.05) is 24.3 Å². The third-order valence-electron chi connectivity index (χ3n) is 1.89. The van der Waals surface area contributed by atoms with Gasteiger partial charge in [0.2, 0.25) is 0 Å². The van der Waals surface area contributed by atoms with Crippen LogP contribution >= 0.6 is 0 Å². The lowest BCUT2D eigenvalue weighted by Gasteiger charge is -2.07. The Morgan fingerprint density at radius 3 is 2.12 bits per heavy atom. The standard InChI is InChI=1S/C11H15N3O3/c1-3-17-11(16)14-9-6-4-8(5-7-9)13-10(15)12-2/h4-7H,3H2,1-2H3,(H,14,16)(H2,12,13,15). The van der Waals surface area contributed by atoms with E-state index in [1.54, 1.807) is 31.2 Å². The van der Waals surface area contributed by atoms with Crippen molar-refractivity contribution >= 4 is 23.5 Å². The van der Waals surface area contributed by atoms with Crippen molar-refractivity contribution in [1.82, 2.24) is 5.32 Å². The highest BCUT2D eigenvalue weighted by Gasteiger charge is 2.02. The summed E-state index contributed by atoms with van der Waals surface area (Å²) < 4.78 is 4.73. The zero-order valence-electron chi connectivity index (χ0n) is 9.74. The lowest BCUT2D eigenvalue weighted by molar-refractivity contribution is 0.168. The fraction of sp³-hybridized carbons (Fsp3) is 0.273. The van der Waals surface area contributed by atoms with E-state index in [2.05, 4.69) is 16.0 Å². The van der Waals surface area contributed by atoms with Gasteiger partial charge in [0.15, 0.2) is 0 Å². The SMILES string of the molecule is CCOC(=O)Nc1ccc(NC(=O)NC)cc1. The van der Waals surface area contributed by atoms with Crippen molar-refractivity contribution in [1.29, 1.82) is 0 Å². The lowest BCUT2D eigenvalue weighted by atomic mass is 10.3. The van der Waals surface area contributed by atoms with E-state index < -0.39 is 6.09 Å². The summed E-state index contributed by atoms with van der Waals surface area (Å²) in [5.74, 6) is 0. The van der Waals surface area contributed by atoms with Gasteiger partial charge in [-0.1, -0.05) is 0 Å². The van der Waals surface area contributed by atoms with Crippen LogP contribution in [0.1, 0.15) is 6.92 Å². The molecule has 0 aliphatic heterocycles. The molecule has 3 amide bonds. The second-order valence-electron chi connectivity index (χ2n) is 3.13. The highest BCUT2D eigenvalue weighted by Crippen LogP contribution is 2.13. The minimum Gasteiger partial charge on any atom is -0.450 e. The molecule has 0 radical (unpaired) electrons. The summed E-state index contributed by atoms with van der Waals surface area (Å²) in [7, 11) is 1.53. The molecule has 6 heteroatoms. The van der Waals surface area contributed by atoms with E-state index in [4.69, 9.17) is 4.74 Å². The molecule has 0 unspecified atom stereocenters. The Bertz CT molecular complexity index is 389. The van der Waals surface area contributed by atoms with Gasteiger partial charge in [0, 0.05) is 18.4 Å². The maximum Gasteiger partial charge on any atom is 0.411 e. The molecule has 0 aliphatic carbocycles. The molecule has 3 N–H and O–H groups in total. The van der Waals surface area contributed by atoms with Crippen LogP contribution in [0.4, 0.5) is 21.0 Å². The number of hydrogen-bond donors (Lipinski definition) is 3. The molecule has 1 aromatic carbocycles. The van der Waals surface area contributed by atoms with Gasteiger partial charge in [0.25, 0.3) is 0 Å². The predicted molar refractivity (Wildman–Crippen MR) is 65.2 cm³/mol. The van der Waals surface area contributed by atoms with Gasteiger partial charge in [-0.15, -0.1) is 0 Å². The lowest BCUT2D eigenvalue weighted by Crippen LogP contribution is -2.24. The summed E-state index contributed by atoms with van der Waals surface area (Å²) in [6.45, 7) is 2.05. The number of carbonyl (C=O) groups is 2. The van der Waals surface area contributed by atoms with Crippen molar-refractivity contribution in [3.63, 3.8) is 0 Å². The third-order valence-corrected chi connectivity index (χ3v) is 1.89. The molecule has 0 heterocycles. The Hall–Kier alpha value is -2.24. The zero-order chi connectivity index (χ0) is 12.7. The average Bonchev–Trinajstić information content (AvgIpc) is 2.32. The number of urea groups is 1. The molecular weight excluding hydrogens is 222 g/mol. The van der Waals surface area contributed by atoms with E-state index in [9.17, 15) is 9.59 Å². The molecule has 0 fully saturated rings. The second-order valence-corrected chi connectivity index (χ2v) is 3.13. The largest absolute Gasteiger partial charge is 0.450 e. The van der Waals surface area contributed by atoms with Crippen molar-refractivity contribution < 1.29 is 14.3 Å². The van der Waals surface area contributed by atoms with E-state index in [1.807, 2.05) is 0 Å². The van der Waals surface area contributed by atoms with E-state index in [0.717, 1.165) is 0 Å². The monoisotopic (exact) mass is 237 g/mol. The van der Waals surface area contributed by atoms with Crippen LogP contribution in [0.5, 0.6) is 0 Å². The van der Waals surface area contributed by atoms with E-state index in [-0.39, 0.29) is 6.03 Å². The Balaban J connectivity index is 2.55. The van der Waals surface area contributed by atoms with Gasteiger partial charge in [-0.3, -0.25) is 5.32 Å². The first-order valence-electron chi connectivity index (χ1n) is 5.18. The van der Waals surface area contributed by atoms with Gasteiger partial charge in [-0.05, 0) is 31.2 Å². The van der Waals surface area contributed by atoms with Gasteiger partial charge < -0.3 is 15.4 Å². The van der Waals surface area contributed by atoms with Crippen LogP contribution in [-0.4, -0.2) is 25.8 Å². The number of nitrogens with one attached hydrogen (secondary N) is 3. The Morgan fingerprint density at radius 1 is 1.12 bits per heavy atom. The molecule has 0 aromatic heterocycles. The van der Waals surface area contributed by atoms with E-state index >= 15 is 0 Å². The van der Waals surface area contributed by atoms with E-state index in [1.165, 1.54) is 7.05 Å². The van der Waals surface area contributed by atoms with Gasteiger partial charge in [0.1, 0.15) is 0 Å². The van der Waals surface area contributed by atoms with Crippen molar-refractivity contribution in [2.24, 2.45) is 0 Å². The summed E-state index contributed by atoms with van der Waals surface area (Å²) in [4.78, 5) is 22.1. The maximum absolute atomic E-state index is 11.1. The van der Waals surface area contributed by atoms with Crippen molar-refractivity contribution in [2.45, 2.75) is 6.92 Å². The molecule has 6 nitrogen and oxygen atoms in total. The topological polar surface area (TPSA) is 79.5 Å². The van der Waals surface area contributed by atoms with Crippen molar-refractivity contribution in [3.8, 4) is 0 Å². The van der Waals surface area contributed by atoms with Gasteiger partial charge in [0.05, 0.1) is 6.61 Å². The Morgan fingerprint density at radius 2 is 1.65 bits per heavy atom. The number of ether oxygens (including phenoxy) is 1. The highest BCUT2D eigenvalue weighted by molar-refractivity contribution is 5.90. The fourth-order valence-electron chi connectivity index (χ4n) is 1.12. The van der Waals surface area contributed by atoms with Crippen LogP contribution < -0.4 is 16.0 Å². The number of rotatable bonds is 3. The first-order chi connectivity index (χ1) is 8.15. The molecule has 0 spiro atoms. The number of hydrogen-bond acceptors (Lipinski definition) is 3. The van der Waals surface area contributed by atoms with Crippen LogP contribution in [0, 0.1) is 0 Å². The third kappa shape index (κ3) is 4.42. The zero-order valence-corrected chi connectivity index (χ0v) is 9.74. The summed E-state index contributed by atoms with van der Waals surface area (Å²) >= 11 is 0. The summed E-state index contributed by atoms with van der Waals surface area (Å²) in [6, 6.07) is 6.40. The smallest absolute Gasteiger partial charge is 0.411 e.